The Morgan fingerprint density at radius 2 is 1.78 bits per heavy atom. The predicted molar refractivity (Wildman–Crippen MR) is 132 cm³/mol. The van der Waals surface area contributed by atoms with Gasteiger partial charge in [-0.2, -0.15) is 13.2 Å². The summed E-state index contributed by atoms with van der Waals surface area (Å²) in [4.78, 5) is 3.97. The van der Waals surface area contributed by atoms with Crippen molar-refractivity contribution in [3.63, 3.8) is 0 Å². The largest absolute Gasteiger partial charge is 0.487 e. The van der Waals surface area contributed by atoms with Crippen LogP contribution in [0.1, 0.15) is 22.7 Å². The third-order valence-electron chi connectivity index (χ3n) is 4.95. The molecule has 0 saturated heterocycles. The highest BCUT2D eigenvalue weighted by atomic mass is 32.2. The predicted octanol–water partition coefficient (Wildman–Crippen LogP) is 4.59. The van der Waals surface area contributed by atoms with Gasteiger partial charge >= 0.3 is 5.51 Å². The van der Waals surface area contributed by atoms with Crippen LogP contribution in [-0.2, 0) is 40.5 Å². The molecule has 194 valence electrons. The minimum absolute atomic E-state index is 0.165. The smallest absolute Gasteiger partial charge is 0.475 e. The van der Waals surface area contributed by atoms with Gasteiger partial charge in [-0.05, 0) is 41.5 Å². The number of hydrogen-bond acceptors (Lipinski definition) is 7. The lowest BCUT2D eigenvalue weighted by molar-refractivity contribution is -0.0384. The van der Waals surface area contributed by atoms with Crippen molar-refractivity contribution in [2.45, 2.75) is 29.3 Å². The molecular weight excluding hydrogens is 529 g/mol. The van der Waals surface area contributed by atoms with Gasteiger partial charge in [-0.1, -0.05) is 29.5 Å². The molecular formula is C24H21F3N4O4S2. The van der Waals surface area contributed by atoms with E-state index in [1.807, 2.05) is 12.1 Å². The fourth-order valence-corrected chi connectivity index (χ4v) is 4.86. The third-order valence-corrected chi connectivity index (χ3v) is 7.36. The van der Waals surface area contributed by atoms with Gasteiger partial charge in [0.15, 0.2) is 10.8 Å². The van der Waals surface area contributed by atoms with Gasteiger partial charge in [-0.25, -0.2) is 9.19 Å². The van der Waals surface area contributed by atoms with Gasteiger partial charge in [-0.15, -0.1) is 5.10 Å². The summed E-state index contributed by atoms with van der Waals surface area (Å²) < 4.78 is 74.0. The lowest BCUT2D eigenvalue weighted by atomic mass is 10.2. The van der Waals surface area contributed by atoms with Crippen molar-refractivity contribution in [3.8, 4) is 5.75 Å². The van der Waals surface area contributed by atoms with Crippen LogP contribution in [0.15, 0.2) is 76.5 Å². The van der Waals surface area contributed by atoms with Crippen molar-refractivity contribution in [3.05, 3.63) is 89.9 Å². The molecule has 0 amide bonds. The number of benzene rings is 2. The average molecular weight is 551 g/mol. The SMILES string of the molecule is O=S(CCn1ccnn1)Cc1ccc(OCc2coc(C=Cc3ccc(S(=O)C(F)(F)F)cc3)n2)cc1. The maximum Gasteiger partial charge on any atom is 0.475 e. The van der Waals surface area contributed by atoms with Gasteiger partial charge in [0.2, 0.25) is 5.89 Å². The van der Waals surface area contributed by atoms with Crippen LogP contribution in [0.5, 0.6) is 5.75 Å². The van der Waals surface area contributed by atoms with E-state index in [0.29, 0.717) is 40.9 Å². The number of hydrogen-bond donors (Lipinski definition) is 0. The zero-order chi connectivity index (χ0) is 26.3. The van der Waals surface area contributed by atoms with Gasteiger partial charge < -0.3 is 9.15 Å². The molecule has 0 fully saturated rings. The zero-order valence-corrected chi connectivity index (χ0v) is 20.8. The van der Waals surface area contributed by atoms with Crippen LogP contribution in [0, 0.1) is 0 Å². The highest BCUT2D eigenvalue weighted by Gasteiger charge is 2.37. The first-order valence-corrected chi connectivity index (χ1v) is 13.5. The molecule has 13 heteroatoms. The summed E-state index contributed by atoms with van der Waals surface area (Å²) in [7, 11) is -4.09. The van der Waals surface area contributed by atoms with Gasteiger partial charge in [0.25, 0.3) is 0 Å². The Morgan fingerprint density at radius 1 is 1.03 bits per heavy atom. The molecule has 0 radical (unpaired) electrons. The summed E-state index contributed by atoms with van der Waals surface area (Å²) in [6, 6.07) is 12.5. The van der Waals surface area contributed by atoms with Crippen molar-refractivity contribution in [2.24, 2.45) is 0 Å². The fourth-order valence-electron chi connectivity index (χ4n) is 3.11. The minimum atomic E-state index is -4.80. The van der Waals surface area contributed by atoms with E-state index in [1.165, 1.54) is 30.5 Å². The number of rotatable bonds is 11. The molecule has 0 saturated carbocycles. The van der Waals surface area contributed by atoms with Crippen LogP contribution >= 0.6 is 0 Å². The Bertz CT molecular complexity index is 1370. The zero-order valence-electron chi connectivity index (χ0n) is 19.2. The van der Waals surface area contributed by atoms with E-state index in [1.54, 1.807) is 41.4 Å². The Balaban J connectivity index is 1.24. The van der Waals surface area contributed by atoms with Crippen LogP contribution in [0.25, 0.3) is 12.2 Å². The molecule has 2 unspecified atom stereocenters. The molecule has 4 aromatic rings. The maximum atomic E-state index is 12.5. The van der Waals surface area contributed by atoms with Gasteiger partial charge in [0, 0.05) is 39.5 Å². The second-order valence-corrected chi connectivity index (χ2v) is 10.7. The number of aromatic nitrogens is 4. The summed E-state index contributed by atoms with van der Waals surface area (Å²) >= 11 is 0. The van der Waals surface area contributed by atoms with E-state index < -0.39 is 27.1 Å². The van der Waals surface area contributed by atoms with Gasteiger partial charge in [-0.3, -0.25) is 8.89 Å². The summed E-state index contributed by atoms with van der Waals surface area (Å²) in [5, 5.41) is 7.57. The minimum Gasteiger partial charge on any atom is -0.487 e. The standard InChI is InChI=1S/C24H21F3N4O4S2/c25-24(26,27)37(33)22-8-3-18(4-9-22)5-10-23-29-20(16-35-23)15-34-21-6-1-19(2-7-21)17-36(32)14-13-31-12-11-28-30-31/h1-12,16H,13-15,17H2. The average Bonchev–Trinajstić information content (AvgIpc) is 3.57. The first kappa shape index (κ1) is 26.5. The number of aryl methyl sites for hydroxylation is 1. The van der Waals surface area contributed by atoms with Crippen molar-refractivity contribution < 1.29 is 30.7 Å². The molecule has 0 N–H and O–H groups in total. The van der Waals surface area contributed by atoms with Crippen molar-refractivity contribution in [1.29, 1.82) is 0 Å². The van der Waals surface area contributed by atoms with Gasteiger partial charge in [0.05, 0.1) is 12.7 Å². The van der Waals surface area contributed by atoms with E-state index in [9.17, 15) is 21.6 Å². The van der Waals surface area contributed by atoms with E-state index in [-0.39, 0.29) is 11.5 Å². The second-order valence-electron chi connectivity index (χ2n) is 7.68. The fraction of sp³-hybridized carbons (Fsp3) is 0.208. The first-order chi connectivity index (χ1) is 17.8. The molecule has 8 nitrogen and oxygen atoms in total. The van der Waals surface area contributed by atoms with E-state index in [2.05, 4.69) is 15.3 Å². The van der Waals surface area contributed by atoms with Crippen LogP contribution in [-0.4, -0.2) is 39.7 Å². The number of nitrogens with zero attached hydrogens (tertiary/aromatic N) is 4. The lowest BCUT2D eigenvalue weighted by Crippen LogP contribution is -2.16. The molecule has 2 aromatic carbocycles. The van der Waals surface area contributed by atoms with Crippen LogP contribution < -0.4 is 4.74 Å². The quantitative estimate of drug-likeness (QED) is 0.269. The monoisotopic (exact) mass is 550 g/mol. The van der Waals surface area contributed by atoms with Crippen molar-refractivity contribution in [2.75, 3.05) is 5.75 Å². The summed E-state index contributed by atoms with van der Waals surface area (Å²) in [5.74, 6) is 1.82. The molecule has 0 bridgehead atoms. The second kappa shape index (κ2) is 12.1. The molecule has 0 spiro atoms. The van der Waals surface area contributed by atoms with Crippen LogP contribution in [0.2, 0.25) is 0 Å². The molecule has 0 aliphatic rings. The topological polar surface area (TPSA) is 100 Å². The van der Waals surface area contributed by atoms with Crippen LogP contribution in [0.4, 0.5) is 13.2 Å². The summed E-state index contributed by atoms with van der Waals surface area (Å²) in [6.45, 7) is 0.706. The normalized spacial score (nSPS) is 13.6. The third kappa shape index (κ3) is 7.95. The number of halogens is 3. The molecule has 37 heavy (non-hydrogen) atoms. The highest BCUT2D eigenvalue weighted by molar-refractivity contribution is 7.86. The molecule has 2 aromatic heterocycles. The lowest BCUT2D eigenvalue weighted by Gasteiger charge is -2.06. The molecule has 0 aliphatic heterocycles. The number of ether oxygens (including phenoxy) is 1. The first-order valence-electron chi connectivity index (χ1n) is 10.9. The number of oxazole rings is 1. The molecule has 2 atom stereocenters. The highest BCUT2D eigenvalue weighted by Crippen LogP contribution is 2.26. The van der Waals surface area contributed by atoms with Crippen molar-refractivity contribution in [1.82, 2.24) is 20.0 Å². The van der Waals surface area contributed by atoms with E-state index >= 15 is 0 Å². The Labute approximate surface area is 215 Å². The molecule has 2 heterocycles. The van der Waals surface area contributed by atoms with Crippen molar-refractivity contribution >= 4 is 33.8 Å². The summed E-state index contributed by atoms with van der Waals surface area (Å²) in [5.41, 5.74) is -2.72. The Hall–Kier alpha value is -3.58. The Kier molecular flexibility index (Phi) is 8.66. The molecule has 0 aliphatic carbocycles. The molecule has 4 rings (SSSR count). The number of alkyl halides is 3. The summed E-state index contributed by atoms with van der Waals surface area (Å²) in [6.07, 6.45) is 7.94. The van der Waals surface area contributed by atoms with Crippen LogP contribution in [0.3, 0.4) is 0 Å². The Morgan fingerprint density at radius 3 is 2.46 bits per heavy atom. The van der Waals surface area contributed by atoms with E-state index in [0.717, 1.165) is 5.56 Å². The maximum absolute atomic E-state index is 12.5. The van der Waals surface area contributed by atoms with Gasteiger partial charge in [0.1, 0.15) is 24.3 Å². The van der Waals surface area contributed by atoms with E-state index in [4.69, 9.17) is 9.15 Å².